The Kier molecular flexibility index (Phi) is 7.32. The van der Waals surface area contributed by atoms with Gasteiger partial charge >= 0.3 is 0 Å². The van der Waals surface area contributed by atoms with Crippen LogP contribution in [-0.4, -0.2) is 45.8 Å². The molecule has 0 aromatic heterocycles. The standard InChI is InChI=1S/C18H26N2O4S.ClH/c1-25(22,23)15-8-6-14(7-9-15)24-11-10-19-18(21)17-12-13-4-2-3-5-16(13)20-17;/h6-9,13,16-17,20H,2-5,10-12H2,1H3,(H,19,21);1H. The van der Waals surface area contributed by atoms with Crippen LogP contribution in [-0.2, 0) is 14.6 Å². The van der Waals surface area contributed by atoms with Gasteiger partial charge in [-0.15, -0.1) is 12.4 Å². The maximum atomic E-state index is 12.3. The average Bonchev–Trinajstić information content (AvgIpc) is 3.02. The van der Waals surface area contributed by atoms with E-state index in [0.717, 1.165) is 6.42 Å². The number of benzene rings is 1. The summed E-state index contributed by atoms with van der Waals surface area (Å²) < 4.78 is 28.4. The summed E-state index contributed by atoms with van der Waals surface area (Å²) in [6.45, 7) is 0.781. The lowest BCUT2D eigenvalue weighted by atomic mass is 9.85. The fourth-order valence-corrected chi connectivity index (χ4v) is 4.40. The zero-order valence-electron chi connectivity index (χ0n) is 14.9. The summed E-state index contributed by atoms with van der Waals surface area (Å²) in [7, 11) is -3.19. The van der Waals surface area contributed by atoms with Crippen molar-refractivity contribution in [2.24, 2.45) is 5.92 Å². The summed E-state index contributed by atoms with van der Waals surface area (Å²) in [6.07, 6.45) is 7.06. The van der Waals surface area contributed by atoms with Gasteiger partial charge in [0.2, 0.25) is 5.91 Å². The minimum atomic E-state index is -3.19. The van der Waals surface area contributed by atoms with E-state index in [2.05, 4.69) is 10.6 Å². The van der Waals surface area contributed by atoms with Crippen LogP contribution in [0, 0.1) is 5.92 Å². The number of hydrogen-bond donors (Lipinski definition) is 2. The Balaban J connectivity index is 0.00000243. The third kappa shape index (κ3) is 5.34. The molecule has 1 aliphatic heterocycles. The molecule has 2 N–H and O–H groups in total. The number of nitrogens with one attached hydrogen (secondary N) is 2. The first kappa shape index (κ1) is 21.0. The third-order valence-electron chi connectivity index (χ3n) is 5.10. The Labute approximate surface area is 161 Å². The molecule has 1 aromatic rings. The normalized spacial score (nSPS) is 25.0. The number of hydrogen-bond acceptors (Lipinski definition) is 5. The molecule has 2 fully saturated rings. The van der Waals surface area contributed by atoms with E-state index in [1.807, 2.05) is 0 Å². The van der Waals surface area contributed by atoms with Crippen molar-refractivity contribution in [3.63, 3.8) is 0 Å². The van der Waals surface area contributed by atoms with Crippen molar-refractivity contribution in [1.29, 1.82) is 0 Å². The van der Waals surface area contributed by atoms with Crippen molar-refractivity contribution in [3.05, 3.63) is 24.3 Å². The van der Waals surface area contributed by atoms with Crippen molar-refractivity contribution >= 4 is 28.2 Å². The molecule has 3 atom stereocenters. The zero-order valence-corrected chi connectivity index (χ0v) is 16.6. The first-order valence-electron chi connectivity index (χ1n) is 8.90. The van der Waals surface area contributed by atoms with E-state index in [0.29, 0.717) is 30.9 Å². The molecule has 2 aliphatic rings. The van der Waals surface area contributed by atoms with Gasteiger partial charge in [0, 0.05) is 12.3 Å². The minimum absolute atomic E-state index is 0. The van der Waals surface area contributed by atoms with E-state index in [4.69, 9.17) is 4.74 Å². The van der Waals surface area contributed by atoms with Crippen LogP contribution < -0.4 is 15.4 Å². The second-order valence-electron chi connectivity index (χ2n) is 6.99. The van der Waals surface area contributed by atoms with E-state index in [-0.39, 0.29) is 29.3 Å². The van der Waals surface area contributed by atoms with Gasteiger partial charge in [0.15, 0.2) is 9.84 Å². The zero-order chi connectivity index (χ0) is 17.9. The van der Waals surface area contributed by atoms with Crippen molar-refractivity contribution in [3.8, 4) is 5.75 Å². The largest absolute Gasteiger partial charge is 0.492 e. The number of carbonyl (C=O) groups excluding carboxylic acids is 1. The highest BCUT2D eigenvalue weighted by Crippen LogP contribution is 2.33. The monoisotopic (exact) mass is 402 g/mol. The summed E-state index contributed by atoms with van der Waals surface area (Å²) in [6, 6.07) is 6.72. The van der Waals surface area contributed by atoms with Gasteiger partial charge in [-0.05, 0) is 49.4 Å². The fourth-order valence-electron chi connectivity index (χ4n) is 3.77. The molecule has 3 unspecified atom stereocenters. The topological polar surface area (TPSA) is 84.5 Å². The SMILES string of the molecule is CS(=O)(=O)c1ccc(OCCNC(=O)C2CC3CCCCC3N2)cc1.Cl. The maximum Gasteiger partial charge on any atom is 0.237 e. The van der Waals surface area contributed by atoms with Crippen LogP contribution in [0.2, 0.25) is 0 Å². The van der Waals surface area contributed by atoms with Gasteiger partial charge in [0.1, 0.15) is 12.4 Å². The summed E-state index contributed by atoms with van der Waals surface area (Å²) >= 11 is 0. The van der Waals surface area contributed by atoms with E-state index in [9.17, 15) is 13.2 Å². The first-order valence-corrected chi connectivity index (χ1v) is 10.8. The molecule has 0 bridgehead atoms. The van der Waals surface area contributed by atoms with Crippen LogP contribution in [0.15, 0.2) is 29.2 Å². The molecule has 146 valence electrons. The summed E-state index contributed by atoms with van der Waals surface area (Å²) in [4.78, 5) is 12.5. The number of sulfone groups is 1. The summed E-state index contributed by atoms with van der Waals surface area (Å²) in [5.74, 6) is 1.28. The lowest BCUT2D eigenvalue weighted by molar-refractivity contribution is -0.123. The number of carbonyl (C=O) groups is 1. The fraction of sp³-hybridized carbons (Fsp3) is 0.611. The molecule has 1 saturated carbocycles. The smallest absolute Gasteiger partial charge is 0.237 e. The quantitative estimate of drug-likeness (QED) is 0.710. The van der Waals surface area contributed by atoms with Crippen LogP contribution in [0.25, 0.3) is 0 Å². The Morgan fingerprint density at radius 2 is 1.92 bits per heavy atom. The second-order valence-corrected chi connectivity index (χ2v) is 9.00. The molecule has 1 aliphatic carbocycles. The van der Waals surface area contributed by atoms with Crippen molar-refractivity contribution in [1.82, 2.24) is 10.6 Å². The Hall–Kier alpha value is -1.31. The minimum Gasteiger partial charge on any atom is -0.492 e. The molecule has 8 heteroatoms. The molecular formula is C18H27ClN2O4S. The van der Waals surface area contributed by atoms with Gasteiger partial charge in [-0.2, -0.15) is 0 Å². The lowest BCUT2D eigenvalue weighted by Gasteiger charge is -2.24. The Morgan fingerprint density at radius 1 is 1.23 bits per heavy atom. The van der Waals surface area contributed by atoms with Gasteiger partial charge in [0.25, 0.3) is 0 Å². The number of ether oxygens (including phenoxy) is 1. The lowest BCUT2D eigenvalue weighted by Crippen LogP contribution is -2.44. The molecule has 1 saturated heterocycles. The van der Waals surface area contributed by atoms with Crippen molar-refractivity contribution in [2.75, 3.05) is 19.4 Å². The summed E-state index contributed by atoms with van der Waals surface area (Å²) in [5.41, 5.74) is 0. The van der Waals surface area contributed by atoms with Crippen molar-refractivity contribution in [2.45, 2.75) is 49.1 Å². The molecular weight excluding hydrogens is 376 g/mol. The van der Waals surface area contributed by atoms with Crippen LogP contribution in [0.5, 0.6) is 5.75 Å². The van der Waals surface area contributed by atoms with Crippen LogP contribution in [0.1, 0.15) is 32.1 Å². The van der Waals surface area contributed by atoms with E-state index in [1.165, 1.54) is 44.1 Å². The number of rotatable bonds is 6. The number of fused-ring (bicyclic) bond motifs is 1. The predicted molar refractivity (Wildman–Crippen MR) is 103 cm³/mol. The van der Waals surface area contributed by atoms with Crippen LogP contribution in [0.3, 0.4) is 0 Å². The first-order chi connectivity index (χ1) is 11.9. The van der Waals surface area contributed by atoms with Crippen molar-refractivity contribution < 1.29 is 17.9 Å². The van der Waals surface area contributed by atoms with Gasteiger partial charge in [-0.1, -0.05) is 12.8 Å². The molecule has 0 spiro atoms. The number of halogens is 1. The number of amides is 1. The molecule has 1 heterocycles. The highest BCUT2D eigenvalue weighted by molar-refractivity contribution is 7.90. The predicted octanol–water partition coefficient (Wildman–Crippen LogP) is 1.93. The highest BCUT2D eigenvalue weighted by Gasteiger charge is 2.37. The van der Waals surface area contributed by atoms with Gasteiger partial charge in [0.05, 0.1) is 17.5 Å². The average molecular weight is 403 g/mol. The molecule has 1 aromatic carbocycles. The van der Waals surface area contributed by atoms with E-state index >= 15 is 0 Å². The molecule has 6 nitrogen and oxygen atoms in total. The Bertz CT molecular complexity index is 694. The molecule has 26 heavy (non-hydrogen) atoms. The Morgan fingerprint density at radius 3 is 2.58 bits per heavy atom. The summed E-state index contributed by atoms with van der Waals surface area (Å²) in [5, 5.41) is 6.38. The van der Waals surface area contributed by atoms with Crippen LogP contribution in [0.4, 0.5) is 0 Å². The molecule has 0 radical (unpaired) electrons. The van der Waals surface area contributed by atoms with Gasteiger partial charge in [-0.3, -0.25) is 4.79 Å². The van der Waals surface area contributed by atoms with Crippen LogP contribution >= 0.6 is 12.4 Å². The van der Waals surface area contributed by atoms with Gasteiger partial charge < -0.3 is 15.4 Å². The maximum absolute atomic E-state index is 12.3. The molecule has 1 amide bonds. The third-order valence-corrected chi connectivity index (χ3v) is 6.23. The van der Waals surface area contributed by atoms with Gasteiger partial charge in [-0.25, -0.2) is 8.42 Å². The highest BCUT2D eigenvalue weighted by atomic mass is 35.5. The second kappa shape index (κ2) is 9.06. The van der Waals surface area contributed by atoms with E-state index in [1.54, 1.807) is 12.1 Å². The molecule has 3 rings (SSSR count). The van der Waals surface area contributed by atoms with E-state index < -0.39 is 9.84 Å².